The Labute approximate surface area is 200 Å². The summed E-state index contributed by atoms with van der Waals surface area (Å²) in [6, 6.07) is 16.4. The van der Waals surface area contributed by atoms with Crippen molar-refractivity contribution in [3.8, 4) is 0 Å². The SMILES string of the molecule is Cc1ccc(S(=O)(=O)OC(c2ccc([N+](=O)[O-])cc2)c2cc(C(C)C)ccc(Br)c2=O)cc1. The Morgan fingerprint density at radius 3 is 2.06 bits per heavy atom. The van der Waals surface area contributed by atoms with Crippen molar-refractivity contribution in [2.45, 2.75) is 37.7 Å². The molecular formula is C24H22BrNO6S. The molecule has 0 aliphatic rings. The first-order chi connectivity index (χ1) is 15.5. The van der Waals surface area contributed by atoms with E-state index >= 15 is 0 Å². The van der Waals surface area contributed by atoms with Crippen molar-refractivity contribution in [2.24, 2.45) is 0 Å². The maximum Gasteiger partial charge on any atom is 0.297 e. The largest absolute Gasteiger partial charge is 0.297 e. The van der Waals surface area contributed by atoms with Gasteiger partial charge in [-0.3, -0.25) is 19.1 Å². The van der Waals surface area contributed by atoms with E-state index in [1.54, 1.807) is 30.3 Å². The van der Waals surface area contributed by atoms with Gasteiger partial charge in [0.1, 0.15) is 6.10 Å². The van der Waals surface area contributed by atoms with E-state index in [0.29, 0.717) is 5.56 Å². The number of non-ortho nitro benzene ring substituents is 1. The zero-order valence-electron chi connectivity index (χ0n) is 18.2. The van der Waals surface area contributed by atoms with Crippen LogP contribution >= 0.6 is 15.9 Å². The standard InChI is InChI=1S/C24H22BrNO6S/c1-15(2)18-8-13-22(25)23(27)21(14-18)24(17-6-9-19(10-7-17)26(28)29)32-33(30,31)20-11-4-16(3)5-12-20/h4-15,24H,1-3H3. The van der Waals surface area contributed by atoms with Gasteiger partial charge in [0.05, 0.1) is 14.3 Å². The molecule has 0 amide bonds. The Bertz CT molecular complexity index is 1340. The Balaban J connectivity index is 2.22. The molecule has 0 aromatic heterocycles. The molecular weight excluding hydrogens is 510 g/mol. The lowest BCUT2D eigenvalue weighted by molar-refractivity contribution is -0.384. The number of hydrogen-bond donors (Lipinski definition) is 0. The number of nitro groups is 1. The summed E-state index contributed by atoms with van der Waals surface area (Å²) in [5, 5.41) is 11.1. The Kier molecular flexibility index (Phi) is 7.46. The van der Waals surface area contributed by atoms with Crippen LogP contribution in [0.2, 0.25) is 0 Å². The van der Waals surface area contributed by atoms with E-state index in [1.807, 2.05) is 20.8 Å². The minimum Gasteiger partial charge on any atom is -0.288 e. The molecule has 7 nitrogen and oxygen atoms in total. The fourth-order valence-corrected chi connectivity index (χ4v) is 4.58. The van der Waals surface area contributed by atoms with Crippen molar-refractivity contribution >= 4 is 31.7 Å². The predicted octanol–water partition coefficient (Wildman–Crippen LogP) is 5.64. The lowest BCUT2D eigenvalue weighted by atomic mass is 9.98. The fraction of sp³-hybridized carbons (Fsp3) is 0.208. The first kappa shape index (κ1) is 24.8. The summed E-state index contributed by atoms with van der Waals surface area (Å²) >= 11 is 3.26. The Morgan fingerprint density at radius 1 is 0.939 bits per heavy atom. The molecule has 0 heterocycles. The average Bonchev–Trinajstić information content (AvgIpc) is 2.91. The van der Waals surface area contributed by atoms with Crippen LogP contribution in [0.1, 0.15) is 48.1 Å². The highest BCUT2D eigenvalue weighted by Crippen LogP contribution is 2.31. The molecule has 1 unspecified atom stereocenters. The van der Waals surface area contributed by atoms with Crippen LogP contribution in [-0.2, 0) is 14.3 Å². The van der Waals surface area contributed by atoms with Gasteiger partial charge in [-0.05, 0) is 76.3 Å². The zero-order chi connectivity index (χ0) is 24.3. The van der Waals surface area contributed by atoms with Gasteiger partial charge in [0.25, 0.3) is 15.8 Å². The third kappa shape index (κ3) is 5.73. The van der Waals surface area contributed by atoms with Gasteiger partial charge in [-0.2, -0.15) is 8.42 Å². The van der Waals surface area contributed by atoms with Gasteiger partial charge in [0, 0.05) is 17.7 Å². The summed E-state index contributed by atoms with van der Waals surface area (Å²) in [4.78, 5) is 23.6. The minimum absolute atomic E-state index is 0.0497. The highest BCUT2D eigenvalue weighted by molar-refractivity contribution is 9.10. The molecule has 0 N–H and O–H groups in total. The van der Waals surface area contributed by atoms with Crippen molar-refractivity contribution in [3.05, 3.63) is 114 Å². The molecule has 0 radical (unpaired) electrons. The number of nitrogens with zero attached hydrogens (tertiary/aromatic N) is 1. The topological polar surface area (TPSA) is 104 Å². The van der Waals surface area contributed by atoms with Crippen molar-refractivity contribution in [3.63, 3.8) is 0 Å². The molecule has 0 saturated carbocycles. The van der Waals surface area contributed by atoms with E-state index in [1.165, 1.54) is 36.4 Å². The molecule has 3 aromatic rings. The fourth-order valence-electron chi connectivity index (χ4n) is 3.18. The molecule has 0 saturated heterocycles. The van der Waals surface area contributed by atoms with Crippen LogP contribution in [0.15, 0.2) is 80.9 Å². The zero-order valence-corrected chi connectivity index (χ0v) is 20.6. The van der Waals surface area contributed by atoms with Crippen LogP contribution in [0.4, 0.5) is 5.69 Å². The summed E-state index contributed by atoms with van der Waals surface area (Å²) in [5.74, 6) is 0.0497. The second-order valence-corrected chi connectivity index (χ2v) is 10.3. The maximum absolute atomic E-state index is 13.2. The molecule has 9 heteroatoms. The number of rotatable bonds is 7. The highest BCUT2D eigenvalue weighted by Gasteiger charge is 2.28. The number of aryl methyl sites for hydroxylation is 1. The highest BCUT2D eigenvalue weighted by atomic mass is 79.9. The van der Waals surface area contributed by atoms with Crippen LogP contribution in [0.5, 0.6) is 0 Å². The van der Waals surface area contributed by atoms with Crippen LogP contribution in [-0.4, -0.2) is 13.3 Å². The normalized spacial score (nSPS) is 12.5. The van der Waals surface area contributed by atoms with Crippen LogP contribution in [0.25, 0.3) is 0 Å². The number of hydrogen-bond acceptors (Lipinski definition) is 6. The number of halogens is 1. The van der Waals surface area contributed by atoms with Gasteiger partial charge < -0.3 is 0 Å². The smallest absolute Gasteiger partial charge is 0.288 e. The monoisotopic (exact) mass is 531 g/mol. The van der Waals surface area contributed by atoms with Gasteiger partial charge in [0.15, 0.2) is 5.43 Å². The molecule has 1 atom stereocenters. The minimum atomic E-state index is -4.27. The van der Waals surface area contributed by atoms with Crippen molar-refractivity contribution in [1.82, 2.24) is 0 Å². The van der Waals surface area contributed by atoms with E-state index in [-0.39, 0.29) is 26.5 Å². The molecule has 0 aliphatic carbocycles. The van der Waals surface area contributed by atoms with Crippen LogP contribution in [0, 0.1) is 17.0 Å². The lowest BCUT2D eigenvalue weighted by Crippen LogP contribution is -2.20. The maximum atomic E-state index is 13.2. The van der Waals surface area contributed by atoms with Gasteiger partial charge in [-0.1, -0.05) is 37.6 Å². The molecule has 0 spiro atoms. The molecule has 0 bridgehead atoms. The molecule has 3 rings (SSSR count). The van der Waals surface area contributed by atoms with E-state index in [9.17, 15) is 23.3 Å². The Morgan fingerprint density at radius 2 is 1.52 bits per heavy atom. The van der Waals surface area contributed by atoms with Crippen LogP contribution in [0.3, 0.4) is 0 Å². The third-order valence-corrected chi connectivity index (χ3v) is 7.03. The molecule has 0 fully saturated rings. The van der Waals surface area contributed by atoms with E-state index in [2.05, 4.69) is 15.9 Å². The summed E-state index contributed by atoms with van der Waals surface area (Å²) in [5.41, 5.74) is 1.47. The molecule has 3 aromatic carbocycles. The van der Waals surface area contributed by atoms with Crippen LogP contribution < -0.4 is 5.43 Å². The van der Waals surface area contributed by atoms with E-state index < -0.39 is 26.6 Å². The second kappa shape index (κ2) is 9.94. The summed E-state index contributed by atoms with van der Waals surface area (Å²) < 4.78 is 32.1. The van der Waals surface area contributed by atoms with Crippen molar-refractivity contribution in [1.29, 1.82) is 0 Å². The summed E-state index contributed by atoms with van der Waals surface area (Å²) in [6.07, 6.45) is -1.31. The Hall–Kier alpha value is -2.88. The van der Waals surface area contributed by atoms with Gasteiger partial charge in [-0.15, -0.1) is 0 Å². The van der Waals surface area contributed by atoms with Gasteiger partial charge >= 0.3 is 0 Å². The first-order valence-electron chi connectivity index (χ1n) is 10.1. The molecule has 172 valence electrons. The predicted molar refractivity (Wildman–Crippen MR) is 129 cm³/mol. The quantitative estimate of drug-likeness (QED) is 0.222. The number of benzene rings is 2. The van der Waals surface area contributed by atoms with E-state index in [4.69, 9.17) is 4.18 Å². The van der Waals surface area contributed by atoms with Gasteiger partial charge in [0.2, 0.25) is 0 Å². The molecule has 33 heavy (non-hydrogen) atoms. The molecule has 0 aliphatic heterocycles. The van der Waals surface area contributed by atoms with E-state index in [0.717, 1.165) is 11.1 Å². The third-order valence-electron chi connectivity index (χ3n) is 5.11. The van der Waals surface area contributed by atoms with Crippen molar-refractivity contribution in [2.75, 3.05) is 0 Å². The van der Waals surface area contributed by atoms with Crippen molar-refractivity contribution < 1.29 is 17.5 Å². The second-order valence-electron chi connectivity index (χ2n) is 7.86. The number of nitro benzene ring substituents is 1. The van der Waals surface area contributed by atoms with Gasteiger partial charge in [-0.25, -0.2) is 0 Å². The lowest BCUT2D eigenvalue weighted by Gasteiger charge is -2.18. The average molecular weight is 532 g/mol. The first-order valence-corrected chi connectivity index (χ1v) is 12.3. The summed E-state index contributed by atoms with van der Waals surface area (Å²) in [7, 11) is -4.27. The summed E-state index contributed by atoms with van der Waals surface area (Å²) in [6.45, 7) is 5.72.